The number of carbonyl (C=O) groups is 2. The quantitative estimate of drug-likeness (QED) is 0.440. The first-order valence-corrected chi connectivity index (χ1v) is 9.18. The van der Waals surface area contributed by atoms with Crippen LogP contribution in [0.25, 0.3) is 6.08 Å². The molecule has 3 aromatic rings. The van der Waals surface area contributed by atoms with Crippen LogP contribution >= 0.6 is 11.6 Å². The predicted molar refractivity (Wildman–Crippen MR) is 112 cm³/mol. The molecule has 0 atom stereocenters. The molecule has 0 saturated carbocycles. The minimum absolute atomic E-state index is 0.0595. The molecule has 3 rings (SSSR count). The Balaban J connectivity index is 1.58. The summed E-state index contributed by atoms with van der Waals surface area (Å²) in [6.07, 6.45) is 2.28. The van der Waals surface area contributed by atoms with Crippen LogP contribution in [0.1, 0.15) is 11.3 Å². The Bertz CT molecular complexity index is 1080. The highest BCUT2D eigenvalue weighted by atomic mass is 35.5. The molecular formula is C22H16ClN3O4. The number of nitrogens with zero attached hydrogens (tertiary/aromatic N) is 1. The lowest BCUT2D eigenvalue weighted by Gasteiger charge is -2.07. The monoisotopic (exact) mass is 421 g/mol. The van der Waals surface area contributed by atoms with E-state index in [4.69, 9.17) is 20.8 Å². The van der Waals surface area contributed by atoms with Crippen LogP contribution in [0, 0.1) is 11.3 Å². The van der Waals surface area contributed by atoms with Gasteiger partial charge in [0.25, 0.3) is 5.91 Å². The summed E-state index contributed by atoms with van der Waals surface area (Å²) < 4.78 is 10.3. The topological polar surface area (TPSA) is 104 Å². The maximum absolute atomic E-state index is 12.2. The van der Waals surface area contributed by atoms with E-state index in [0.29, 0.717) is 27.8 Å². The van der Waals surface area contributed by atoms with Crippen LogP contribution in [0.5, 0.6) is 5.75 Å². The minimum Gasteiger partial charge on any atom is -0.467 e. The first-order chi connectivity index (χ1) is 14.5. The lowest BCUT2D eigenvalue weighted by molar-refractivity contribution is -0.117. The van der Waals surface area contributed by atoms with Crippen molar-refractivity contribution >= 4 is 35.4 Å². The highest BCUT2D eigenvalue weighted by Gasteiger charge is 2.10. The first kappa shape index (κ1) is 20.7. The van der Waals surface area contributed by atoms with E-state index < -0.39 is 12.0 Å². The summed E-state index contributed by atoms with van der Waals surface area (Å²) in [6, 6.07) is 18.3. The second-order valence-corrected chi connectivity index (χ2v) is 6.46. The van der Waals surface area contributed by atoms with Crippen LogP contribution in [0.4, 0.5) is 10.5 Å². The molecule has 0 saturated heterocycles. The van der Waals surface area contributed by atoms with Gasteiger partial charge in [-0.05, 0) is 60.2 Å². The molecule has 0 fully saturated rings. The van der Waals surface area contributed by atoms with Gasteiger partial charge in [0.05, 0.1) is 12.8 Å². The van der Waals surface area contributed by atoms with Gasteiger partial charge in [0, 0.05) is 10.7 Å². The summed E-state index contributed by atoms with van der Waals surface area (Å²) in [6.45, 7) is 0.181. The Labute approximate surface area is 177 Å². The van der Waals surface area contributed by atoms with Crippen molar-refractivity contribution in [2.75, 3.05) is 5.32 Å². The number of nitrogens with one attached hydrogen (secondary N) is 2. The average molecular weight is 422 g/mol. The molecular weight excluding hydrogens is 406 g/mol. The molecule has 2 amide bonds. The molecule has 0 radical (unpaired) electrons. The summed E-state index contributed by atoms with van der Waals surface area (Å²) >= 11 is 5.80. The van der Waals surface area contributed by atoms with E-state index in [1.54, 1.807) is 60.7 Å². The number of ether oxygens (including phenoxy) is 1. The number of amides is 2. The minimum atomic E-state index is -0.657. The van der Waals surface area contributed by atoms with Gasteiger partial charge in [0.15, 0.2) is 0 Å². The summed E-state index contributed by atoms with van der Waals surface area (Å²) in [4.78, 5) is 24.1. The Morgan fingerprint density at radius 3 is 2.47 bits per heavy atom. The highest BCUT2D eigenvalue weighted by molar-refractivity contribution is 6.30. The molecule has 0 aliphatic rings. The Morgan fingerprint density at radius 1 is 1.10 bits per heavy atom. The molecule has 0 aliphatic carbocycles. The van der Waals surface area contributed by atoms with Gasteiger partial charge < -0.3 is 14.5 Å². The zero-order chi connectivity index (χ0) is 21.3. The Morgan fingerprint density at radius 2 is 1.83 bits per heavy atom. The second-order valence-electron chi connectivity index (χ2n) is 6.02. The number of halogens is 1. The number of carbonyl (C=O) groups excluding carboxylic acids is 2. The number of hydrogen-bond acceptors (Lipinski definition) is 5. The van der Waals surface area contributed by atoms with Crippen molar-refractivity contribution in [1.82, 2.24) is 5.32 Å². The standard InChI is InChI=1S/C22H16ClN3O4/c23-17-5-7-18(8-6-17)26-22(28)30-19-9-3-15(4-10-19)12-16(13-24)21(27)25-14-20-2-1-11-29-20/h1-12H,14H2,(H,25,27)(H,26,28)/b16-12+. The molecule has 2 N–H and O–H groups in total. The molecule has 0 unspecified atom stereocenters. The third kappa shape index (κ3) is 5.99. The number of rotatable bonds is 6. The van der Waals surface area contributed by atoms with Crippen molar-refractivity contribution in [3.63, 3.8) is 0 Å². The lowest BCUT2D eigenvalue weighted by atomic mass is 10.1. The molecule has 8 heteroatoms. The Hall–Kier alpha value is -4.02. The third-order valence-corrected chi connectivity index (χ3v) is 4.11. The number of nitriles is 1. The van der Waals surface area contributed by atoms with Crippen LogP contribution in [-0.4, -0.2) is 12.0 Å². The molecule has 30 heavy (non-hydrogen) atoms. The predicted octanol–water partition coefficient (Wildman–Crippen LogP) is 4.77. The van der Waals surface area contributed by atoms with Gasteiger partial charge >= 0.3 is 6.09 Å². The van der Waals surface area contributed by atoms with Crippen LogP contribution in [-0.2, 0) is 11.3 Å². The summed E-state index contributed by atoms with van der Waals surface area (Å²) in [5.41, 5.74) is 1.09. The molecule has 0 bridgehead atoms. The van der Waals surface area contributed by atoms with Crippen molar-refractivity contribution in [2.24, 2.45) is 0 Å². The fourth-order valence-electron chi connectivity index (χ4n) is 2.41. The van der Waals surface area contributed by atoms with Crippen molar-refractivity contribution < 1.29 is 18.7 Å². The average Bonchev–Trinajstić information content (AvgIpc) is 3.27. The largest absolute Gasteiger partial charge is 0.467 e. The van der Waals surface area contributed by atoms with Crippen LogP contribution in [0.15, 0.2) is 76.9 Å². The van der Waals surface area contributed by atoms with Crippen LogP contribution in [0.2, 0.25) is 5.02 Å². The SMILES string of the molecule is N#C/C(=C\c1ccc(OC(=O)Nc2ccc(Cl)cc2)cc1)C(=O)NCc1ccco1. The summed E-state index contributed by atoms with van der Waals surface area (Å²) in [5, 5.41) is 15.0. The normalized spacial score (nSPS) is 10.7. The smallest absolute Gasteiger partial charge is 0.417 e. The van der Waals surface area contributed by atoms with Gasteiger partial charge in [-0.1, -0.05) is 23.7 Å². The molecule has 0 spiro atoms. The van der Waals surface area contributed by atoms with Gasteiger partial charge in [0.2, 0.25) is 0 Å². The number of anilines is 1. The van der Waals surface area contributed by atoms with E-state index in [1.807, 2.05) is 6.07 Å². The summed E-state index contributed by atoms with van der Waals surface area (Å²) in [5.74, 6) is 0.370. The van der Waals surface area contributed by atoms with Gasteiger partial charge in [-0.2, -0.15) is 5.26 Å². The van der Waals surface area contributed by atoms with Crippen LogP contribution < -0.4 is 15.4 Å². The second kappa shape index (κ2) is 9.96. The number of hydrogen-bond donors (Lipinski definition) is 2. The van der Waals surface area contributed by atoms with E-state index in [0.717, 1.165) is 0 Å². The zero-order valence-corrected chi connectivity index (χ0v) is 16.3. The van der Waals surface area contributed by atoms with E-state index in [2.05, 4.69) is 10.6 Å². The fourth-order valence-corrected chi connectivity index (χ4v) is 2.53. The van der Waals surface area contributed by atoms with Crippen molar-refractivity contribution in [3.8, 4) is 11.8 Å². The first-order valence-electron chi connectivity index (χ1n) is 8.80. The lowest BCUT2D eigenvalue weighted by Crippen LogP contribution is -2.23. The maximum Gasteiger partial charge on any atom is 0.417 e. The molecule has 150 valence electrons. The number of benzene rings is 2. The van der Waals surface area contributed by atoms with E-state index in [1.165, 1.54) is 12.3 Å². The van der Waals surface area contributed by atoms with Gasteiger partial charge in [-0.15, -0.1) is 0 Å². The number of furan rings is 1. The van der Waals surface area contributed by atoms with Gasteiger partial charge in [0.1, 0.15) is 23.2 Å². The Kier molecular flexibility index (Phi) is 6.87. The van der Waals surface area contributed by atoms with Gasteiger partial charge in [-0.3, -0.25) is 10.1 Å². The molecule has 2 aromatic carbocycles. The van der Waals surface area contributed by atoms with Crippen molar-refractivity contribution in [2.45, 2.75) is 6.54 Å². The third-order valence-electron chi connectivity index (χ3n) is 3.86. The van der Waals surface area contributed by atoms with Crippen molar-refractivity contribution in [1.29, 1.82) is 5.26 Å². The molecule has 0 aliphatic heterocycles. The molecule has 1 aromatic heterocycles. The highest BCUT2D eigenvalue weighted by Crippen LogP contribution is 2.17. The van der Waals surface area contributed by atoms with E-state index in [-0.39, 0.29) is 12.1 Å². The van der Waals surface area contributed by atoms with E-state index in [9.17, 15) is 14.9 Å². The van der Waals surface area contributed by atoms with E-state index >= 15 is 0 Å². The van der Waals surface area contributed by atoms with Gasteiger partial charge in [-0.25, -0.2) is 4.79 Å². The van der Waals surface area contributed by atoms with Crippen molar-refractivity contribution in [3.05, 3.63) is 88.8 Å². The molecule has 1 heterocycles. The zero-order valence-electron chi connectivity index (χ0n) is 15.6. The van der Waals surface area contributed by atoms with Crippen LogP contribution in [0.3, 0.4) is 0 Å². The summed E-state index contributed by atoms with van der Waals surface area (Å²) in [7, 11) is 0. The fraction of sp³-hybridized carbons (Fsp3) is 0.0455. The maximum atomic E-state index is 12.2. The molecule has 7 nitrogen and oxygen atoms in total.